The summed E-state index contributed by atoms with van der Waals surface area (Å²) in [6.07, 6.45) is 3.26. The van der Waals surface area contributed by atoms with E-state index in [-0.39, 0.29) is 12.0 Å². The maximum atomic E-state index is 11.6. The molecule has 18 heavy (non-hydrogen) atoms. The number of carboxylic acid groups (broad SMARTS) is 1. The number of aliphatic carboxylic acids is 1. The molecule has 0 unspecified atom stereocenters. The summed E-state index contributed by atoms with van der Waals surface area (Å²) in [6.45, 7) is 5.46. The average Bonchev–Trinajstić information content (AvgIpc) is 2.40. The number of nitrogens with one attached hydrogen (secondary N) is 1. The van der Waals surface area contributed by atoms with Crippen molar-refractivity contribution in [2.45, 2.75) is 64.5 Å². The standard InChI is InChI=1S/C13H23NO4/c1-13(2,3)18-12(17)14-10-6-4-5-9(7-8-10)11(15)16/h9-10H,4-8H2,1-3H3,(H,14,17)(H,15,16)/t9-,10+/m0/s1. The van der Waals surface area contributed by atoms with Gasteiger partial charge in [-0.3, -0.25) is 4.79 Å². The molecular formula is C13H23NO4. The lowest BCUT2D eigenvalue weighted by Crippen LogP contribution is -2.38. The maximum absolute atomic E-state index is 11.6. The van der Waals surface area contributed by atoms with Crippen LogP contribution in [0.2, 0.25) is 0 Å². The van der Waals surface area contributed by atoms with Gasteiger partial charge in [-0.05, 0) is 46.5 Å². The van der Waals surface area contributed by atoms with Crippen molar-refractivity contribution >= 4 is 12.1 Å². The van der Waals surface area contributed by atoms with Crippen LogP contribution in [0.15, 0.2) is 0 Å². The lowest BCUT2D eigenvalue weighted by Gasteiger charge is -2.22. The van der Waals surface area contributed by atoms with Gasteiger partial charge in [-0.15, -0.1) is 0 Å². The molecule has 2 atom stereocenters. The summed E-state index contributed by atoms with van der Waals surface area (Å²) in [5, 5.41) is 11.8. The summed E-state index contributed by atoms with van der Waals surface area (Å²) in [6, 6.07) is 0.0317. The van der Waals surface area contributed by atoms with E-state index in [1.165, 1.54) is 0 Å². The van der Waals surface area contributed by atoms with E-state index in [2.05, 4.69) is 5.32 Å². The molecule has 1 aliphatic rings. The molecule has 0 heterocycles. The molecule has 0 radical (unpaired) electrons. The summed E-state index contributed by atoms with van der Waals surface area (Å²) in [7, 11) is 0. The van der Waals surface area contributed by atoms with Gasteiger partial charge in [0.25, 0.3) is 0 Å². The number of ether oxygens (including phenoxy) is 1. The molecule has 2 N–H and O–H groups in total. The van der Waals surface area contributed by atoms with Crippen LogP contribution in [0.25, 0.3) is 0 Å². The number of hydrogen-bond donors (Lipinski definition) is 2. The minimum atomic E-state index is -0.729. The zero-order valence-electron chi connectivity index (χ0n) is 11.4. The molecule has 5 heteroatoms. The Balaban J connectivity index is 2.40. The highest BCUT2D eigenvalue weighted by Crippen LogP contribution is 2.23. The van der Waals surface area contributed by atoms with Crippen molar-refractivity contribution in [3.8, 4) is 0 Å². The van der Waals surface area contributed by atoms with Crippen molar-refractivity contribution < 1.29 is 19.4 Å². The van der Waals surface area contributed by atoms with E-state index in [9.17, 15) is 9.59 Å². The first-order valence-corrected chi connectivity index (χ1v) is 6.50. The molecule has 1 amide bonds. The van der Waals surface area contributed by atoms with Crippen LogP contribution < -0.4 is 5.32 Å². The van der Waals surface area contributed by atoms with Gasteiger partial charge in [0.05, 0.1) is 5.92 Å². The maximum Gasteiger partial charge on any atom is 0.407 e. The minimum absolute atomic E-state index is 0.0317. The van der Waals surface area contributed by atoms with Gasteiger partial charge < -0.3 is 15.2 Å². The first-order valence-electron chi connectivity index (χ1n) is 6.50. The molecule has 1 aliphatic carbocycles. The second-order valence-corrected chi connectivity index (χ2v) is 5.89. The summed E-state index contributed by atoms with van der Waals surface area (Å²) < 4.78 is 5.19. The van der Waals surface area contributed by atoms with E-state index >= 15 is 0 Å². The SMILES string of the molecule is CC(C)(C)OC(=O)N[C@@H]1CCC[C@H](C(=O)O)CC1. The van der Waals surface area contributed by atoms with E-state index in [0.717, 1.165) is 12.8 Å². The largest absolute Gasteiger partial charge is 0.481 e. The smallest absolute Gasteiger partial charge is 0.407 e. The van der Waals surface area contributed by atoms with Gasteiger partial charge in [-0.25, -0.2) is 4.79 Å². The number of carbonyl (C=O) groups excluding carboxylic acids is 1. The van der Waals surface area contributed by atoms with Gasteiger partial charge in [0.2, 0.25) is 0 Å². The van der Waals surface area contributed by atoms with Crippen LogP contribution in [0.3, 0.4) is 0 Å². The molecule has 104 valence electrons. The molecule has 0 bridgehead atoms. The Kier molecular flexibility index (Phi) is 4.99. The summed E-state index contributed by atoms with van der Waals surface area (Å²) in [5.74, 6) is -0.997. The number of carboxylic acids is 1. The number of amides is 1. The van der Waals surface area contributed by atoms with Crippen molar-refractivity contribution in [1.82, 2.24) is 5.32 Å². The third-order valence-electron chi connectivity index (χ3n) is 3.04. The Morgan fingerprint density at radius 1 is 1.17 bits per heavy atom. The van der Waals surface area contributed by atoms with Crippen LogP contribution in [0, 0.1) is 5.92 Å². The van der Waals surface area contributed by atoms with Crippen molar-refractivity contribution in [2.24, 2.45) is 5.92 Å². The third kappa shape index (κ3) is 5.38. The van der Waals surface area contributed by atoms with Gasteiger partial charge >= 0.3 is 12.1 Å². The normalized spacial score (nSPS) is 25.1. The van der Waals surface area contributed by atoms with E-state index in [1.807, 2.05) is 20.8 Å². The summed E-state index contributed by atoms with van der Waals surface area (Å²) in [5.41, 5.74) is -0.502. The number of hydrogen-bond acceptors (Lipinski definition) is 3. The fourth-order valence-electron chi connectivity index (χ4n) is 2.17. The number of alkyl carbamates (subject to hydrolysis) is 1. The second kappa shape index (κ2) is 6.07. The molecule has 1 fully saturated rings. The van der Waals surface area contributed by atoms with Crippen LogP contribution >= 0.6 is 0 Å². The summed E-state index contributed by atoms with van der Waals surface area (Å²) >= 11 is 0. The van der Waals surface area contributed by atoms with Gasteiger partial charge in [-0.2, -0.15) is 0 Å². The lowest BCUT2D eigenvalue weighted by molar-refractivity contribution is -0.142. The monoisotopic (exact) mass is 257 g/mol. The second-order valence-electron chi connectivity index (χ2n) is 5.89. The van der Waals surface area contributed by atoms with E-state index in [1.54, 1.807) is 0 Å². The lowest BCUT2D eigenvalue weighted by atomic mass is 10.0. The molecule has 0 spiro atoms. The highest BCUT2D eigenvalue weighted by atomic mass is 16.6. The predicted octanol–water partition coefficient (Wildman–Crippen LogP) is 2.54. The molecular weight excluding hydrogens is 234 g/mol. The van der Waals surface area contributed by atoms with Crippen LogP contribution in [0.5, 0.6) is 0 Å². The third-order valence-corrected chi connectivity index (χ3v) is 3.04. The van der Waals surface area contributed by atoms with Gasteiger partial charge in [0, 0.05) is 6.04 Å². The first-order chi connectivity index (χ1) is 8.28. The van der Waals surface area contributed by atoms with Gasteiger partial charge in [-0.1, -0.05) is 6.42 Å². The molecule has 1 rings (SSSR count). The number of carbonyl (C=O) groups is 2. The van der Waals surface area contributed by atoms with E-state index in [0.29, 0.717) is 19.3 Å². The Morgan fingerprint density at radius 2 is 1.83 bits per heavy atom. The van der Waals surface area contributed by atoms with Crippen LogP contribution in [0.4, 0.5) is 4.79 Å². The highest BCUT2D eigenvalue weighted by Gasteiger charge is 2.25. The fraction of sp³-hybridized carbons (Fsp3) is 0.846. The van der Waals surface area contributed by atoms with Crippen molar-refractivity contribution in [1.29, 1.82) is 0 Å². The quantitative estimate of drug-likeness (QED) is 0.745. The Labute approximate surface area is 108 Å². The molecule has 0 saturated heterocycles. The van der Waals surface area contributed by atoms with Crippen molar-refractivity contribution in [3.05, 3.63) is 0 Å². The van der Waals surface area contributed by atoms with Crippen molar-refractivity contribution in [3.63, 3.8) is 0 Å². The minimum Gasteiger partial charge on any atom is -0.481 e. The van der Waals surface area contributed by atoms with Gasteiger partial charge in [0.1, 0.15) is 5.60 Å². The van der Waals surface area contributed by atoms with Crippen LogP contribution in [-0.4, -0.2) is 28.8 Å². The fourth-order valence-corrected chi connectivity index (χ4v) is 2.17. The highest BCUT2D eigenvalue weighted by molar-refractivity contribution is 5.70. The Hall–Kier alpha value is -1.26. The van der Waals surface area contributed by atoms with Crippen LogP contribution in [0.1, 0.15) is 52.9 Å². The topological polar surface area (TPSA) is 75.6 Å². The van der Waals surface area contributed by atoms with Crippen LogP contribution in [-0.2, 0) is 9.53 Å². The molecule has 0 aromatic rings. The molecule has 0 aromatic carbocycles. The Bertz CT molecular complexity index is 309. The zero-order valence-corrected chi connectivity index (χ0v) is 11.4. The molecule has 0 aliphatic heterocycles. The molecule has 5 nitrogen and oxygen atoms in total. The van der Waals surface area contributed by atoms with Gasteiger partial charge in [0.15, 0.2) is 0 Å². The Morgan fingerprint density at radius 3 is 2.39 bits per heavy atom. The zero-order chi connectivity index (χ0) is 13.8. The van der Waals surface area contributed by atoms with E-state index < -0.39 is 17.7 Å². The number of rotatable bonds is 2. The molecule has 0 aromatic heterocycles. The molecule has 1 saturated carbocycles. The summed E-state index contributed by atoms with van der Waals surface area (Å²) in [4.78, 5) is 22.5. The van der Waals surface area contributed by atoms with E-state index in [4.69, 9.17) is 9.84 Å². The van der Waals surface area contributed by atoms with Crippen molar-refractivity contribution in [2.75, 3.05) is 0 Å². The predicted molar refractivity (Wildman–Crippen MR) is 67.4 cm³/mol. The average molecular weight is 257 g/mol. The first kappa shape index (κ1) is 14.8.